The first-order chi connectivity index (χ1) is 20.0. The van der Waals surface area contributed by atoms with Gasteiger partial charge in [0, 0.05) is 29.8 Å². The van der Waals surface area contributed by atoms with Crippen molar-refractivity contribution in [3.05, 3.63) is 102 Å². The van der Waals surface area contributed by atoms with E-state index in [-0.39, 0.29) is 43.3 Å². The van der Waals surface area contributed by atoms with Crippen LogP contribution in [0.4, 0.5) is 4.39 Å². The van der Waals surface area contributed by atoms with E-state index in [1.54, 1.807) is 36.4 Å². The smallest absolute Gasteiger partial charge is 0.305 e. The van der Waals surface area contributed by atoms with E-state index in [0.29, 0.717) is 22.4 Å². The first kappa shape index (κ1) is 30.7. The maximum atomic E-state index is 14.2. The topological polar surface area (TPSA) is 120 Å². The van der Waals surface area contributed by atoms with Gasteiger partial charge in [0.2, 0.25) is 0 Å². The number of hydrogen-bond acceptors (Lipinski definition) is 5. The molecule has 0 bridgehead atoms. The van der Waals surface area contributed by atoms with Crippen LogP contribution in [0.1, 0.15) is 60.6 Å². The molecule has 0 aliphatic rings. The molecule has 1 aromatic heterocycles. The highest BCUT2D eigenvalue weighted by molar-refractivity contribution is 6.08. The number of phenols is 1. The van der Waals surface area contributed by atoms with Gasteiger partial charge in [0.15, 0.2) is 5.78 Å². The Morgan fingerprint density at radius 1 is 0.857 bits per heavy atom. The minimum atomic E-state index is -1.19. The predicted molar refractivity (Wildman–Crippen MR) is 159 cm³/mol. The molecule has 0 unspecified atom stereocenters. The molecule has 0 aliphatic heterocycles. The summed E-state index contributed by atoms with van der Waals surface area (Å²) in [6.45, 7) is 4.24. The summed E-state index contributed by atoms with van der Waals surface area (Å²) in [5, 5.41) is 39.5. The average Bonchev–Trinajstić information content (AvgIpc) is 3.29. The normalized spacial score (nSPS) is 12.8. The van der Waals surface area contributed by atoms with Crippen LogP contribution >= 0.6 is 0 Å². The van der Waals surface area contributed by atoms with Crippen molar-refractivity contribution < 1.29 is 34.4 Å². The first-order valence-electron chi connectivity index (χ1n) is 14.0. The summed E-state index contributed by atoms with van der Waals surface area (Å²) >= 11 is 0. The second-order valence-corrected chi connectivity index (χ2v) is 10.9. The van der Waals surface area contributed by atoms with Gasteiger partial charge in [-0.05, 0) is 71.8 Å². The zero-order valence-corrected chi connectivity index (χ0v) is 23.7. The summed E-state index contributed by atoms with van der Waals surface area (Å²) in [6.07, 6.45) is -2.46. The number of aliphatic hydroxyl groups excluding tert-OH is 2. The third kappa shape index (κ3) is 7.32. The number of nitrogens with zero attached hydrogens (tertiary/aromatic N) is 1. The Balaban J connectivity index is 1.89. The number of carboxylic acid groups (broad SMARTS) is 1. The average molecular weight is 574 g/mol. The van der Waals surface area contributed by atoms with Crippen LogP contribution in [0.2, 0.25) is 0 Å². The highest BCUT2D eigenvalue weighted by atomic mass is 19.1. The molecule has 0 aliphatic carbocycles. The number of aromatic hydroxyl groups is 1. The van der Waals surface area contributed by atoms with Gasteiger partial charge < -0.3 is 25.0 Å². The van der Waals surface area contributed by atoms with E-state index < -0.39 is 30.4 Å². The van der Waals surface area contributed by atoms with Crippen LogP contribution < -0.4 is 0 Å². The second-order valence-electron chi connectivity index (χ2n) is 10.9. The molecular weight excluding hydrogens is 537 g/mol. The molecule has 2 atom stereocenters. The third-order valence-corrected chi connectivity index (χ3v) is 7.25. The van der Waals surface area contributed by atoms with Gasteiger partial charge in [-0.15, -0.1) is 0 Å². The van der Waals surface area contributed by atoms with Gasteiger partial charge in [-0.25, -0.2) is 4.39 Å². The number of aliphatic hydroxyl groups is 2. The minimum Gasteiger partial charge on any atom is -0.508 e. The maximum Gasteiger partial charge on any atom is 0.305 e. The zero-order valence-electron chi connectivity index (χ0n) is 23.7. The minimum absolute atomic E-state index is 0.0940. The van der Waals surface area contributed by atoms with Gasteiger partial charge >= 0.3 is 5.97 Å². The van der Waals surface area contributed by atoms with Crippen molar-refractivity contribution in [2.75, 3.05) is 0 Å². The molecule has 220 valence electrons. The van der Waals surface area contributed by atoms with Crippen molar-refractivity contribution in [3.63, 3.8) is 0 Å². The number of carboxylic acids is 1. The summed E-state index contributed by atoms with van der Waals surface area (Å²) in [5.74, 6) is -1.67. The summed E-state index contributed by atoms with van der Waals surface area (Å²) in [4.78, 5) is 25.2. The summed E-state index contributed by atoms with van der Waals surface area (Å²) in [5.41, 5.74) is 4.95. The molecular formula is C34H36FNO6. The Kier molecular flexibility index (Phi) is 9.93. The summed E-state index contributed by atoms with van der Waals surface area (Å²) in [6, 6.07) is 22.1. The number of carbonyl (C=O) groups is 2. The number of rotatable bonds is 13. The van der Waals surface area contributed by atoms with Gasteiger partial charge in [0.05, 0.1) is 24.3 Å². The SMILES string of the molecule is CC(C)c1c(C(=O)Cc2ccc(O)cc2)c(-c2ccccc2)c(-c2ccc(F)cc2)n1CC[C@@H](O)C[C@@H](O)CC(=O)O. The van der Waals surface area contributed by atoms with E-state index in [4.69, 9.17) is 5.11 Å². The highest BCUT2D eigenvalue weighted by Gasteiger charge is 2.30. The van der Waals surface area contributed by atoms with Gasteiger partial charge in [-0.2, -0.15) is 0 Å². The van der Waals surface area contributed by atoms with Crippen molar-refractivity contribution in [3.8, 4) is 28.1 Å². The van der Waals surface area contributed by atoms with Crippen molar-refractivity contribution in [1.82, 2.24) is 4.57 Å². The molecule has 4 aromatic rings. The Morgan fingerprint density at radius 3 is 2.10 bits per heavy atom. The number of carbonyl (C=O) groups excluding carboxylic acids is 1. The Hall–Kier alpha value is -4.27. The molecule has 4 N–H and O–H groups in total. The van der Waals surface area contributed by atoms with Crippen LogP contribution in [-0.4, -0.2) is 49.0 Å². The summed E-state index contributed by atoms with van der Waals surface area (Å²) < 4.78 is 16.0. The Bertz CT molecular complexity index is 1510. The zero-order chi connectivity index (χ0) is 30.4. The quantitative estimate of drug-likeness (QED) is 0.142. The fourth-order valence-corrected chi connectivity index (χ4v) is 5.43. The first-order valence-corrected chi connectivity index (χ1v) is 14.0. The van der Waals surface area contributed by atoms with E-state index >= 15 is 0 Å². The van der Waals surface area contributed by atoms with Gasteiger partial charge in [-0.3, -0.25) is 9.59 Å². The molecule has 0 fully saturated rings. The number of aliphatic carboxylic acids is 1. The number of hydrogen-bond donors (Lipinski definition) is 4. The molecule has 0 amide bonds. The number of phenolic OH excluding ortho intramolecular Hbond substituents is 1. The molecule has 0 radical (unpaired) electrons. The summed E-state index contributed by atoms with van der Waals surface area (Å²) in [7, 11) is 0. The highest BCUT2D eigenvalue weighted by Crippen LogP contribution is 2.43. The van der Waals surface area contributed by atoms with Crippen molar-refractivity contribution in [2.24, 2.45) is 0 Å². The number of Topliss-reactive ketones (excluding diaryl/α,β-unsaturated/α-hetero) is 1. The second kappa shape index (κ2) is 13.6. The molecule has 0 spiro atoms. The van der Waals surface area contributed by atoms with E-state index in [0.717, 1.165) is 16.8 Å². The van der Waals surface area contributed by atoms with Gasteiger partial charge in [0.25, 0.3) is 0 Å². The van der Waals surface area contributed by atoms with Crippen LogP contribution in [0.5, 0.6) is 5.75 Å². The van der Waals surface area contributed by atoms with E-state index in [1.165, 1.54) is 12.1 Å². The van der Waals surface area contributed by atoms with Gasteiger partial charge in [-0.1, -0.05) is 56.3 Å². The maximum absolute atomic E-state index is 14.2. The number of aromatic nitrogens is 1. The van der Waals surface area contributed by atoms with Crippen LogP contribution in [0.3, 0.4) is 0 Å². The Morgan fingerprint density at radius 2 is 1.50 bits per heavy atom. The van der Waals surface area contributed by atoms with Gasteiger partial charge in [0.1, 0.15) is 11.6 Å². The monoisotopic (exact) mass is 573 g/mol. The molecule has 3 aromatic carbocycles. The van der Waals surface area contributed by atoms with Crippen LogP contribution in [0.25, 0.3) is 22.4 Å². The molecule has 42 heavy (non-hydrogen) atoms. The molecule has 0 saturated carbocycles. The number of benzene rings is 3. The van der Waals surface area contributed by atoms with E-state index in [1.807, 2.05) is 48.7 Å². The van der Waals surface area contributed by atoms with Crippen LogP contribution in [0.15, 0.2) is 78.9 Å². The van der Waals surface area contributed by atoms with Crippen molar-refractivity contribution in [2.45, 2.75) is 64.2 Å². The molecule has 7 nitrogen and oxygen atoms in total. The lowest BCUT2D eigenvalue weighted by molar-refractivity contribution is -0.139. The third-order valence-electron chi connectivity index (χ3n) is 7.25. The van der Waals surface area contributed by atoms with Crippen molar-refractivity contribution >= 4 is 11.8 Å². The fraction of sp³-hybridized carbons (Fsp3) is 0.294. The Labute approximate surface area is 244 Å². The lowest BCUT2D eigenvalue weighted by atomic mass is 9.90. The van der Waals surface area contributed by atoms with Crippen LogP contribution in [0, 0.1) is 5.82 Å². The molecule has 8 heteroatoms. The largest absolute Gasteiger partial charge is 0.508 e. The molecule has 0 saturated heterocycles. The number of ketones is 1. The number of halogens is 1. The standard InChI is InChI=1S/C34H36FNO6/c1-21(2)33-32(29(40)18-22-8-14-26(37)15-9-22)31(23-6-4-3-5-7-23)34(24-10-12-25(35)13-11-24)36(33)17-16-27(38)19-28(39)20-30(41)42/h3-15,21,27-28,37-39H,16-20H2,1-2H3,(H,41,42)/t27-,28-/m1/s1. The molecule has 1 heterocycles. The molecule has 4 rings (SSSR count). The lowest BCUT2D eigenvalue weighted by Crippen LogP contribution is -2.22. The van der Waals surface area contributed by atoms with Crippen LogP contribution in [-0.2, 0) is 17.8 Å². The fourth-order valence-electron chi connectivity index (χ4n) is 5.43. The van der Waals surface area contributed by atoms with Crippen molar-refractivity contribution in [1.29, 1.82) is 0 Å². The lowest BCUT2D eigenvalue weighted by Gasteiger charge is -2.20. The predicted octanol–water partition coefficient (Wildman–Crippen LogP) is 6.19. The van der Waals surface area contributed by atoms with E-state index in [9.17, 15) is 29.3 Å². The van der Waals surface area contributed by atoms with E-state index in [2.05, 4.69) is 0 Å².